The highest BCUT2D eigenvalue weighted by atomic mass is 35.5. The first-order chi connectivity index (χ1) is 12.6. The smallest absolute Gasteiger partial charge is 0.254 e. The molecular formula is C20H23ClN2O3. The molecule has 1 unspecified atom stereocenters. The molecule has 0 spiro atoms. The molecule has 2 aromatic rings. The molecule has 6 heteroatoms. The van der Waals surface area contributed by atoms with Crippen LogP contribution in [0, 0.1) is 6.92 Å². The summed E-state index contributed by atoms with van der Waals surface area (Å²) in [6.45, 7) is 3.94. The number of anilines is 1. The fourth-order valence-corrected chi connectivity index (χ4v) is 2.98. The summed E-state index contributed by atoms with van der Waals surface area (Å²) in [6.07, 6.45) is -0.153. The molecule has 138 valence electrons. The zero-order valence-electron chi connectivity index (χ0n) is 15.0. The van der Waals surface area contributed by atoms with Crippen molar-refractivity contribution in [3.05, 3.63) is 58.6 Å². The van der Waals surface area contributed by atoms with Crippen LogP contribution >= 0.6 is 11.6 Å². The van der Waals surface area contributed by atoms with Gasteiger partial charge in [-0.05, 0) is 55.0 Å². The number of rotatable bonds is 5. The third-order valence-corrected chi connectivity index (χ3v) is 4.84. The van der Waals surface area contributed by atoms with Crippen LogP contribution in [0.25, 0.3) is 0 Å². The molecule has 26 heavy (non-hydrogen) atoms. The topological polar surface area (TPSA) is 50.8 Å². The molecule has 0 radical (unpaired) electrons. The molecule has 1 aliphatic rings. The number of halogens is 1. The molecular weight excluding hydrogens is 352 g/mol. The number of carbonyl (C=O) groups excluding carboxylic acids is 1. The molecule has 1 fully saturated rings. The Morgan fingerprint density at radius 2 is 2.08 bits per heavy atom. The second-order valence-corrected chi connectivity index (χ2v) is 6.70. The van der Waals surface area contributed by atoms with Crippen LogP contribution < -0.4 is 10.1 Å². The number of morpholine rings is 1. The predicted molar refractivity (Wildman–Crippen MR) is 103 cm³/mol. The Labute approximate surface area is 158 Å². The highest BCUT2D eigenvalue weighted by molar-refractivity contribution is 6.31. The van der Waals surface area contributed by atoms with Crippen molar-refractivity contribution in [2.75, 3.05) is 38.7 Å². The number of nitrogens with zero attached hydrogens (tertiary/aromatic N) is 1. The van der Waals surface area contributed by atoms with Crippen molar-refractivity contribution in [3.63, 3.8) is 0 Å². The summed E-state index contributed by atoms with van der Waals surface area (Å²) < 4.78 is 11.6. The minimum atomic E-state index is -0.153. The van der Waals surface area contributed by atoms with Crippen molar-refractivity contribution in [2.24, 2.45) is 0 Å². The molecule has 1 heterocycles. The van der Waals surface area contributed by atoms with Crippen LogP contribution in [0.5, 0.6) is 5.75 Å². The van der Waals surface area contributed by atoms with Gasteiger partial charge < -0.3 is 19.7 Å². The standard InChI is InChI=1S/C20H23ClN2O3/c1-14-11-17(7-8-19(14)21)26-13-18-12-23(9-10-25-18)20(24)15-3-5-16(22-2)6-4-15/h3-8,11,18,22H,9-10,12-13H2,1-2H3. The monoisotopic (exact) mass is 374 g/mol. The van der Waals surface area contributed by atoms with E-state index in [1.54, 1.807) is 0 Å². The van der Waals surface area contributed by atoms with E-state index in [1.165, 1.54) is 0 Å². The second kappa shape index (κ2) is 8.43. The average Bonchev–Trinajstić information content (AvgIpc) is 2.68. The quantitative estimate of drug-likeness (QED) is 0.868. The van der Waals surface area contributed by atoms with E-state index in [2.05, 4.69) is 5.32 Å². The minimum absolute atomic E-state index is 0.0169. The Morgan fingerprint density at radius 3 is 2.77 bits per heavy atom. The Morgan fingerprint density at radius 1 is 1.31 bits per heavy atom. The van der Waals surface area contributed by atoms with E-state index in [1.807, 2.05) is 61.3 Å². The summed E-state index contributed by atoms with van der Waals surface area (Å²) in [5, 5.41) is 3.76. The fourth-order valence-electron chi connectivity index (χ4n) is 2.86. The Hall–Kier alpha value is -2.24. The molecule has 1 N–H and O–H groups in total. The number of nitrogens with one attached hydrogen (secondary N) is 1. The van der Waals surface area contributed by atoms with Crippen LogP contribution in [-0.2, 0) is 4.74 Å². The summed E-state index contributed by atoms with van der Waals surface area (Å²) in [6, 6.07) is 13.0. The third kappa shape index (κ3) is 4.48. The van der Waals surface area contributed by atoms with Crippen LogP contribution in [0.15, 0.2) is 42.5 Å². The summed E-state index contributed by atoms with van der Waals surface area (Å²) in [4.78, 5) is 14.5. The lowest BCUT2D eigenvalue weighted by atomic mass is 10.1. The first-order valence-electron chi connectivity index (χ1n) is 8.64. The maximum Gasteiger partial charge on any atom is 0.254 e. The van der Waals surface area contributed by atoms with E-state index in [0.29, 0.717) is 36.9 Å². The van der Waals surface area contributed by atoms with Crippen LogP contribution in [0.3, 0.4) is 0 Å². The van der Waals surface area contributed by atoms with E-state index in [9.17, 15) is 4.79 Å². The zero-order chi connectivity index (χ0) is 18.5. The minimum Gasteiger partial charge on any atom is -0.491 e. The first kappa shape index (κ1) is 18.5. The van der Waals surface area contributed by atoms with Gasteiger partial charge in [0.05, 0.1) is 13.2 Å². The summed E-state index contributed by atoms with van der Waals surface area (Å²) in [5.74, 6) is 0.768. The van der Waals surface area contributed by atoms with Crippen LogP contribution in [0.4, 0.5) is 5.69 Å². The second-order valence-electron chi connectivity index (χ2n) is 6.29. The number of amides is 1. The van der Waals surface area contributed by atoms with E-state index >= 15 is 0 Å². The van der Waals surface area contributed by atoms with Gasteiger partial charge in [-0.1, -0.05) is 11.6 Å². The summed E-state index contributed by atoms with van der Waals surface area (Å²) in [7, 11) is 1.85. The molecule has 0 bridgehead atoms. The Bertz CT molecular complexity index is 764. The fraction of sp³-hybridized carbons (Fsp3) is 0.350. The van der Waals surface area contributed by atoms with Crippen molar-refractivity contribution in [3.8, 4) is 5.75 Å². The van der Waals surface area contributed by atoms with E-state index in [4.69, 9.17) is 21.1 Å². The molecule has 1 atom stereocenters. The lowest BCUT2D eigenvalue weighted by Crippen LogP contribution is -2.47. The predicted octanol–water partition coefficient (Wildman–Crippen LogP) is 3.61. The summed E-state index contributed by atoms with van der Waals surface area (Å²) >= 11 is 6.03. The average molecular weight is 375 g/mol. The van der Waals surface area contributed by atoms with Crippen LogP contribution in [-0.4, -0.2) is 50.3 Å². The number of benzene rings is 2. The maximum absolute atomic E-state index is 12.7. The van der Waals surface area contributed by atoms with Gasteiger partial charge in [0.2, 0.25) is 0 Å². The van der Waals surface area contributed by atoms with Crippen molar-refractivity contribution in [2.45, 2.75) is 13.0 Å². The van der Waals surface area contributed by atoms with Crippen molar-refractivity contribution in [1.82, 2.24) is 4.90 Å². The molecule has 5 nitrogen and oxygen atoms in total. The largest absolute Gasteiger partial charge is 0.491 e. The van der Waals surface area contributed by atoms with Gasteiger partial charge >= 0.3 is 0 Å². The van der Waals surface area contributed by atoms with E-state index in [-0.39, 0.29) is 12.0 Å². The molecule has 1 aliphatic heterocycles. The summed E-state index contributed by atoms with van der Waals surface area (Å²) in [5.41, 5.74) is 2.63. The van der Waals surface area contributed by atoms with Gasteiger partial charge in [-0.25, -0.2) is 0 Å². The van der Waals surface area contributed by atoms with Gasteiger partial charge in [0, 0.05) is 29.9 Å². The van der Waals surface area contributed by atoms with E-state index < -0.39 is 0 Å². The van der Waals surface area contributed by atoms with E-state index in [0.717, 1.165) is 17.0 Å². The normalized spacial score (nSPS) is 17.0. The Kier molecular flexibility index (Phi) is 6.01. The van der Waals surface area contributed by atoms with Gasteiger partial charge in [-0.15, -0.1) is 0 Å². The van der Waals surface area contributed by atoms with Crippen molar-refractivity contribution >= 4 is 23.2 Å². The van der Waals surface area contributed by atoms with Gasteiger partial charge in [0.25, 0.3) is 5.91 Å². The SMILES string of the molecule is CNc1ccc(C(=O)N2CCOC(COc3ccc(Cl)c(C)c3)C2)cc1. The number of hydrogen-bond donors (Lipinski definition) is 1. The highest BCUT2D eigenvalue weighted by Gasteiger charge is 2.25. The van der Waals surface area contributed by atoms with Gasteiger partial charge in [-0.2, -0.15) is 0 Å². The van der Waals surface area contributed by atoms with Crippen LogP contribution in [0.1, 0.15) is 15.9 Å². The van der Waals surface area contributed by atoms with Gasteiger partial charge in [0.15, 0.2) is 0 Å². The first-order valence-corrected chi connectivity index (χ1v) is 9.02. The van der Waals surface area contributed by atoms with Crippen molar-refractivity contribution < 1.29 is 14.3 Å². The number of aryl methyl sites for hydroxylation is 1. The highest BCUT2D eigenvalue weighted by Crippen LogP contribution is 2.22. The number of hydrogen-bond acceptors (Lipinski definition) is 4. The number of ether oxygens (including phenoxy) is 2. The molecule has 0 aromatic heterocycles. The van der Waals surface area contributed by atoms with Crippen molar-refractivity contribution in [1.29, 1.82) is 0 Å². The Balaban J connectivity index is 1.57. The maximum atomic E-state index is 12.7. The number of carbonyl (C=O) groups is 1. The molecule has 2 aromatic carbocycles. The molecule has 1 amide bonds. The molecule has 1 saturated heterocycles. The molecule has 3 rings (SSSR count). The lowest BCUT2D eigenvalue weighted by molar-refractivity contribution is -0.0401. The lowest BCUT2D eigenvalue weighted by Gasteiger charge is -2.33. The molecule has 0 saturated carbocycles. The van der Waals surface area contributed by atoms with Gasteiger partial charge in [0.1, 0.15) is 18.5 Å². The van der Waals surface area contributed by atoms with Gasteiger partial charge in [-0.3, -0.25) is 4.79 Å². The zero-order valence-corrected chi connectivity index (χ0v) is 15.8. The third-order valence-electron chi connectivity index (χ3n) is 4.41. The van der Waals surface area contributed by atoms with Crippen LogP contribution in [0.2, 0.25) is 5.02 Å². The molecule has 0 aliphatic carbocycles.